The molecule has 2 amide bonds. The summed E-state index contributed by atoms with van der Waals surface area (Å²) in [5.41, 5.74) is 1.52. The lowest BCUT2D eigenvalue weighted by atomic mass is 10.1. The molecule has 0 radical (unpaired) electrons. The van der Waals surface area contributed by atoms with Crippen molar-refractivity contribution in [1.82, 2.24) is 9.88 Å². The molecule has 1 fully saturated rings. The van der Waals surface area contributed by atoms with Gasteiger partial charge in [0.25, 0.3) is 0 Å². The Hall–Kier alpha value is -3.88. The summed E-state index contributed by atoms with van der Waals surface area (Å²) >= 11 is 0. The summed E-state index contributed by atoms with van der Waals surface area (Å²) in [7, 11) is 0. The molecule has 1 aromatic heterocycles. The van der Waals surface area contributed by atoms with Gasteiger partial charge >= 0.3 is 6.18 Å². The van der Waals surface area contributed by atoms with E-state index in [0.717, 1.165) is 23.4 Å². The highest BCUT2D eigenvalue weighted by molar-refractivity contribution is 6.03. The van der Waals surface area contributed by atoms with Crippen molar-refractivity contribution in [2.45, 2.75) is 31.5 Å². The van der Waals surface area contributed by atoms with E-state index in [1.54, 1.807) is 23.2 Å². The molecule has 1 aliphatic heterocycles. The van der Waals surface area contributed by atoms with Crippen LogP contribution in [-0.2, 0) is 15.8 Å². The maximum absolute atomic E-state index is 12.7. The van der Waals surface area contributed by atoms with Crippen LogP contribution in [-0.4, -0.2) is 40.9 Å². The number of piperidine rings is 1. The van der Waals surface area contributed by atoms with Crippen molar-refractivity contribution in [1.29, 1.82) is 0 Å². The summed E-state index contributed by atoms with van der Waals surface area (Å²) in [6.45, 7) is 0.815. The molecule has 0 unspecified atom stereocenters. The molecular formula is C26H24F3N3O3. The van der Waals surface area contributed by atoms with E-state index in [1.165, 1.54) is 12.1 Å². The van der Waals surface area contributed by atoms with Crippen LogP contribution in [0.1, 0.15) is 24.8 Å². The van der Waals surface area contributed by atoms with Crippen molar-refractivity contribution < 1.29 is 27.5 Å². The first-order chi connectivity index (χ1) is 16.8. The van der Waals surface area contributed by atoms with Crippen molar-refractivity contribution in [3.63, 3.8) is 0 Å². The van der Waals surface area contributed by atoms with Crippen LogP contribution in [0.25, 0.3) is 11.3 Å². The number of anilines is 1. The van der Waals surface area contributed by atoms with Crippen molar-refractivity contribution in [2.75, 3.05) is 18.4 Å². The Bertz CT molecular complexity index is 1140. The number of alkyl halides is 3. The molecule has 35 heavy (non-hydrogen) atoms. The number of rotatable bonds is 6. The number of nitrogens with one attached hydrogen (secondary N) is 1. The van der Waals surface area contributed by atoms with E-state index in [0.29, 0.717) is 37.4 Å². The molecule has 1 N–H and O–H groups in total. The minimum Gasteiger partial charge on any atom is -0.490 e. The summed E-state index contributed by atoms with van der Waals surface area (Å²) in [6, 6.07) is 17.7. The fourth-order valence-corrected chi connectivity index (χ4v) is 3.84. The standard InChI is InChI=1S/C26H24F3N3O3/c27-26(28,29)19-6-9-21(10-7-19)35-22-12-14-32(15-13-22)25(34)16-24(33)31-20-8-11-23(30-17-20)18-4-2-1-3-5-18/h1-11,17,22H,12-16H2,(H,31,33). The summed E-state index contributed by atoms with van der Waals surface area (Å²) in [5.74, 6) is -0.356. The van der Waals surface area contributed by atoms with Crippen LogP contribution in [0.2, 0.25) is 0 Å². The maximum Gasteiger partial charge on any atom is 0.416 e. The number of ether oxygens (including phenoxy) is 1. The predicted octanol–water partition coefficient (Wildman–Crippen LogP) is 5.17. The summed E-state index contributed by atoms with van der Waals surface area (Å²) in [6.07, 6.45) is -2.28. The summed E-state index contributed by atoms with van der Waals surface area (Å²) in [5, 5.41) is 2.69. The second-order valence-corrected chi connectivity index (χ2v) is 8.24. The number of aromatic nitrogens is 1. The second-order valence-electron chi connectivity index (χ2n) is 8.24. The van der Waals surface area contributed by atoms with Gasteiger partial charge < -0.3 is 15.0 Å². The topological polar surface area (TPSA) is 71.5 Å². The van der Waals surface area contributed by atoms with Gasteiger partial charge in [-0.15, -0.1) is 0 Å². The van der Waals surface area contributed by atoms with Crippen LogP contribution in [0.5, 0.6) is 5.75 Å². The molecule has 0 saturated carbocycles. The molecule has 9 heteroatoms. The average Bonchev–Trinajstić information content (AvgIpc) is 2.85. The zero-order valence-corrected chi connectivity index (χ0v) is 18.8. The van der Waals surface area contributed by atoms with Gasteiger partial charge in [-0.2, -0.15) is 13.2 Å². The van der Waals surface area contributed by atoms with E-state index < -0.39 is 17.6 Å². The fourth-order valence-electron chi connectivity index (χ4n) is 3.84. The SMILES string of the molecule is O=C(CC(=O)N1CCC(Oc2ccc(C(F)(F)F)cc2)CC1)Nc1ccc(-c2ccccc2)nc1. The number of halogens is 3. The zero-order chi connectivity index (χ0) is 24.8. The molecule has 1 aliphatic rings. The number of hydrogen-bond donors (Lipinski definition) is 1. The first kappa shape index (κ1) is 24.3. The molecule has 2 heterocycles. The third-order valence-electron chi connectivity index (χ3n) is 5.71. The van der Waals surface area contributed by atoms with E-state index in [1.807, 2.05) is 30.3 Å². The van der Waals surface area contributed by atoms with Gasteiger partial charge in [-0.1, -0.05) is 30.3 Å². The minimum atomic E-state index is -4.39. The van der Waals surface area contributed by atoms with Gasteiger partial charge in [0.1, 0.15) is 18.3 Å². The van der Waals surface area contributed by atoms with E-state index in [2.05, 4.69) is 10.3 Å². The number of benzene rings is 2. The zero-order valence-electron chi connectivity index (χ0n) is 18.8. The molecule has 0 spiro atoms. The Morgan fingerprint density at radius 2 is 1.66 bits per heavy atom. The number of pyridine rings is 1. The van der Waals surface area contributed by atoms with Gasteiger partial charge in [0.2, 0.25) is 11.8 Å². The minimum absolute atomic E-state index is 0.209. The van der Waals surface area contributed by atoms with Crippen LogP contribution in [0, 0.1) is 0 Å². The molecule has 2 aromatic carbocycles. The van der Waals surface area contributed by atoms with Crippen molar-refractivity contribution in [3.05, 3.63) is 78.5 Å². The monoisotopic (exact) mass is 483 g/mol. The predicted molar refractivity (Wildman–Crippen MR) is 125 cm³/mol. The summed E-state index contributed by atoms with van der Waals surface area (Å²) in [4.78, 5) is 30.8. The number of amides is 2. The summed E-state index contributed by atoms with van der Waals surface area (Å²) < 4.78 is 43.8. The molecule has 4 rings (SSSR count). The smallest absolute Gasteiger partial charge is 0.416 e. The lowest BCUT2D eigenvalue weighted by molar-refractivity contribution is -0.138. The van der Waals surface area contributed by atoms with Gasteiger partial charge in [-0.3, -0.25) is 14.6 Å². The molecule has 0 aliphatic carbocycles. The lowest BCUT2D eigenvalue weighted by Gasteiger charge is -2.32. The number of nitrogens with zero attached hydrogens (tertiary/aromatic N) is 2. The quantitative estimate of drug-likeness (QED) is 0.492. The van der Waals surface area contributed by atoms with Crippen LogP contribution < -0.4 is 10.1 Å². The number of likely N-dealkylation sites (tertiary alicyclic amines) is 1. The van der Waals surface area contributed by atoms with Crippen LogP contribution in [0.3, 0.4) is 0 Å². The molecule has 1 saturated heterocycles. The molecule has 0 bridgehead atoms. The first-order valence-electron chi connectivity index (χ1n) is 11.2. The molecule has 6 nitrogen and oxygen atoms in total. The van der Waals surface area contributed by atoms with E-state index in [4.69, 9.17) is 4.74 Å². The Kier molecular flexibility index (Phi) is 7.33. The number of hydrogen-bond acceptors (Lipinski definition) is 4. The van der Waals surface area contributed by atoms with Gasteiger partial charge in [0, 0.05) is 31.5 Å². The average molecular weight is 483 g/mol. The Labute approximate surface area is 200 Å². The molecule has 3 aromatic rings. The van der Waals surface area contributed by atoms with Crippen LogP contribution in [0.4, 0.5) is 18.9 Å². The molecule has 0 atom stereocenters. The van der Waals surface area contributed by atoms with Crippen molar-refractivity contribution in [3.8, 4) is 17.0 Å². The highest BCUT2D eigenvalue weighted by Gasteiger charge is 2.30. The second kappa shape index (κ2) is 10.6. The van der Waals surface area contributed by atoms with Crippen molar-refractivity contribution in [2.24, 2.45) is 0 Å². The van der Waals surface area contributed by atoms with Crippen LogP contribution in [0.15, 0.2) is 72.9 Å². The van der Waals surface area contributed by atoms with Gasteiger partial charge in [0.15, 0.2) is 0 Å². The highest BCUT2D eigenvalue weighted by atomic mass is 19.4. The molecule has 182 valence electrons. The molecular weight excluding hydrogens is 459 g/mol. The van der Waals surface area contributed by atoms with E-state index >= 15 is 0 Å². The number of carbonyl (C=O) groups is 2. The van der Waals surface area contributed by atoms with Crippen LogP contribution >= 0.6 is 0 Å². The fraction of sp³-hybridized carbons (Fsp3) is 0.269. The third kappa shape index (κ3) is 6.59. The van der Waals surface area contributed by atoms with Gasteiger partial charge in [-0.25, -0.2) is 0 Å². The Morgan fingerprint density at radius 3 is 2.26 bits per heavy atom. The van der Waals surface area contributed by atoms with Gasteiger partial charge in [-0.05, 0) is 36.4 Å². The van der Waals surface area contributed by atoms with E-state index in [9.17, 15) is 22.8 Å². The normalized spacial score (nSPS) is 14.4. The lowest BCUT2D eigenvalue weighted by Crippen LogP contribution is -2.42. The number of carbonyl (C=O) groups excluding carboxylic acids is 2. The third-order valence-corrected chi connectivity index (χ3v) is 5.71. The first-order valence-corrected chi connectivity index (χ1v) is 11.2. The maximum atomic E-state index is 12.7. The van der Waals surface area contributed by atoms with Crippen molar-refractivity contribution >= 4 is 17.5 Å². The Balaban J connectivity index is 1.22. The van der Waals surface area contributed by atoms with E-state index in [-0.39, 0.29) is 18.4 Å². The largest absolute Gasteiger partial charge is 0.490 e. The Morgan fingerprint density at radius 1 is 0.971 bits per heavy atom. The van der Waals surface area contributed by atoms with Gasteiger partial charge in [0.05, 0.1) is 23.1 Å². The highest BCUT2D eigenvalue weighted by Crippen LogP contribution is 2.31.